The van der Waals surface area contributed by atoms with Gasteiger partial charge in [0.1, 0.15) is 0 Å². The highest BCUT2D eigenvalue weighted by Gasteiger charge is 2.15. The van der Waals surface area contributed by atoms with Crippen molar-refractivity contribution in [3.05, 3.63) is 35.4 Å². The maximum absolute atomic E-state index is 12.0. The third kappa shape index (κ3) is 5.77. The summed E-state index contributed by atoms with van der Waals surface area (Å²) in [5.74, 6) is 0.808. The number of aliphatic hydroxyl groups excluding tert-OH is 1. The standard InChI is InChI=1S/C16H25NO3S/c18-12-15-7-9-16(10-8-15)13-21(19,20)17-11-3-6-14-4-1-2-5-14/h7-10,14,17-18H,1-6,11-13H2. The summed E-state index contributed by atoms with van der Waals surface area (Å²) in [6.45, 7) is 0.514. The summed E-state index contributed by atoms with van der Waals surface area (Å²) < 4.78 is 26.7. The van der Waals surface area contributed by atoms with Crippen molar-refractivity contribution in [2.24, 2.45) is 5.92 Å². The minimum atomic E-state index is -3.26. The lowest BCUT2D eigenvalue weighted by atomic mass is 10.0. The Hall–Kier alpha value is -0.910. The van der Waals surface area contributed by atoms with Crippen LogP contribution in [0.3, 0.4) is 0 Å². The molecule has 0 aliphatic heterocycles. The summed E-state index contributed by atoms with van der Waals surface area (Å²) in [6, 6.07) is 7.02. The van der Waals surface area contributed by atoms with Crippen LogP contribution in [0.5, 0.6) is 0 Å². The molecule has 5 heteroatoms. The third-order valence-electron chi connectivity index (χ3n) is 4.15. The van der Waals surface area contributed by atoms with E-state index in [1.165, 1.54) is 25.7 Å². The van der Waals surface area contributed by atoms with Crippen molar-refractivity contribution in [2.75, 3.05) is 6.54 Å². The van der Waals surface area contributed by atoms with E-state index in [1.54, 1.807) is 24.3 Å². The number of hydrogen-bond donors (Lipinski definition) is 2. The van der Waals surface area contributed by atoms with Crippen LogP contribution < -0.4 is 4.72 Å². The van der Waals surface area contributed by atoms with Gasteiger partial charge in [-0.25, -0.2) is 13.1 Å². The molecule has 1 aliphatic rings. The highest BCUT2D eigenvalue weighted by molar-refractivity contribution is 7.88. The van der Waals surface area contributed by atoms with Gasteiger partial charge in [0.2, 0.25) is 10.0 Å². The van der Waals surface area contributed by atoms with Crippen molar-refractivity contribution in [3.8, 4) is 0 Å². The number of rotatable bonds is 8. The van der Waals surface area contributed by atoms with Gasteiger partial charge >= 0.3 is 0 Å². The Morgan fingerprint density at radius 1 is 1.10 bits per heavy atom. The predicted molar refractivity (Wildman–Crippen MR) is 84.2 cm³/mol. The molecule has 0 atom stereocenters. The molecule has 0 spiro atoms. The van der Waals surface area contributed by atoms with Crippen LogP contribution >= 0.6 is 0 Å². The van der Waals surface area contributed by atoms with Gasteiger partial charge in [0.25, 0.3) is 0 Å². The van der Waals surface area contributed by atoms with Crippen LogP contribution in [0.15, 0.2) is 24.3 Å². The Morgan fingerprint density at radius 2 is 1.71 bits per heavy atom. The molecule has 0 radical (unpaired) electrons. The van der Waals surface area contributed by atoms with Crippen LogP contribution in [0.2, 0.25) is 0 Å². The molecule has 0 bridgehead atoms. The Kier molecular flexibility index (Phi) is 6.21. The maximum atomic E-state index is 12.0. The minimum absolute atomic E-state index is 0.00212. The van der Waals surface area contributed by atoms with Crippen LogP contribution in [0, 0.1) is 5.92 Å². The van der Waals surface area contributed by atoms with E-state index in [9.17, 15) is 8.42 Å². The molecule has 0 aromatic heterocycles. The summed E-state index contributed by atoms with van der Waals surface area (Å²) in [7, 11) is -3.26. The van der Waals surface area contributed by atoms with Crippen molar-refractivity contribution in [1.82, 2.24) is 4.72 Å². The molecule has 1 saturated carbocycles. The molecule has 4 nitrogen and oxygen atoms in total. The normalized spacial score (nSPS) is 16.4. The monoisotopic (exact) mass is 311 g/mol. The zero-order chi connectivity index (χ0) is 15.1. The molecule has 0 amide bonds. The van der Waals surface area contributed by atoms with E-state index >= 15 is 0 Å². The van der Waals surface area contributed by atoms with Crippen LogP contribution in [-0.4, -0.2) is 20.1 Å². The van der Waals surface area contributed by atoms with Gasteiger partial charge in [-0.1, -0.05) is 49.9 Å². The van der Waals surface area contributed by atoms with Crippen molar-refractivity contribution in [3.63, 3.8) is 0 Å². The molecule has 1 aromatic rings. The summed E-state index contributed by atoms with van der Waals surface area (Å²) in [5, 5.41) is 8.96. The molecular weight excluding hydrogens is 286 g/mol. The van der Waals surface area contributed by atoms with Crippen LogP contribution in [0.4, 0.5) is 0 Å². The first-order chi connectivity index (χ1) is 10.1. The topological polar surface area (TPSA) is 66.4 Å². The first-order valence-corrected chi connectivity index (χ1v) is 9.40. The van der Waals surface area contributed by atoms with Gasteiger partial charge in [-0.15, -0.1) is 0 Å². The van der Waals surface area contributed by atoms with E-state index in [4.69, 9.17) is 5.11 Å². The van der Waals surface area contributed by atoms with E-state index in [-0.39, 0.29) is 12.4 Å². The van der Waals surface area contributed by atoms with Crippen molar-refractivity contribution < 1.29 is 13.5 Å². The Labute approximate surface area is 127 Å². The molecule has 118 valence electrons. The van der Waals surface area contributed by atoms with Crippen LogP contribution in [-0.2, 0) is 22.4 Å². The minimum Gasteiger partial charge on any atom is -0.392 e. The van der Waals surface area contributed by atoms with Gasteiger partial charge in [-0.05, 0) is 29.9 Å². The Balaban J connectivity index is 1.72. The highest BCUT2D eigenvalue weighted by Crippen LogP contribution is 2.28. The number of benzene rings is 1. The van der Waals surface area contributed by atoms with Gasteiger partial charge < -0.3 is 5.11 Å². The van der Waals surface area contributed by atoms with Crippen molar-refractivity contribution in [2.45, 2.75) is 50.9 Å². The SMILES string of the molecule is O=S(=O)(Cc1ccc(CO)cc1)NCCCC1CCCC1. The maximum Gasteiger partial charge on any atom is 0.215 e. The van der Waals surface area contributed by atoms with Gasteiger partial charge in [-0.2, -0.15) is 0 Å². The molecule has 0 saturated heterocycles. The second-order valence-electron chi connectivity index (χ2n) is 5.92. The summed E-state index contributed by atoms with van der Waals surface area (Å²) in [5.41, 5.74) is 1.54. The second-order valence-corrected chi connectivity index (χ2v) is 7.73. The van der Waals surface area contributed by atoms with Gasteiger partial charge in [0.05, 0.1) is 12.4 Å². The average molecular weight is 311 g/mol. The van der Waals surface area contributed by atoms with E-state index in [0.717, 1.165) is 29.9 Å². The summed E-state index contributed by atoms with van der Waals surface area (Å²) in [4.78, 5) is 0. The van der Waals surface area contributed by atoms with E-state index in [2.05, 4.69) is 4.72 Å². The Morgan fingerprint density at radius 3 is 2.33 bits per heavy atom. The van der Waals surface area contributed by atoms with Crippen molar-refractivity contribution in [1.29, 1.82) is 0 Å². The molecule has 21 heavy (non-hydrogen) atoms. The van der Waals surface area contributed by atoms with Crippen molar-refractivity contribution >= 4 is 10.0 Å². The van der Waals surface area contributed by atoms with Gasteiger partial charge in [-0.3, -0.25) is 0 Å². The van der Waals surface area contributed by atoms with Gasteiger partial charge in [0.15, 0.2) is 0 Å². The zero-order valence-corrected chi connectivity index (χ0v) is 13.2. The summed E-state index contributed by atoms with van der Waals surface area (Å²) >= 11 is 0. The quantitative estimate of drug-likeness (QED) is 0.725. The lowest BCUT2D eigenvalue weighted by Crippen LogP contribution is -2.26. The fourth-order valence-corrected chi connectivity index (χ4v) is 4.12. The lowest BCUT2D eigenvalue weighted by Gasteiger charge is -2.10. The van der Waals surface area contributed by atoms with Crippen LogP contribution in [0.25, 0.3) is 0 Å². The van der Waals surface area contributed by atoms with Gasteiger partial charge in [0, 0.05) is 6.54 Å². The number of hydrogen-bond acceptors (Lipinski definition) is 3. The van der Waals surface area contributed by atoms with E-state index in [1.807, 2.05) is 0 Å². The average Bonchev–Trinajstić information content (AvgIpc) is 2.97. The predicted octanol–water partition coefficient (Wildman–Crippen LogP) is 2.57. The molecular formula is C16H25NO3S. The number of nitrogens with one attached hydrogen (secondary N) is 1. The Bertz CT molecular complexity index is 519. The fraction of sp³-hybridized carbons (Fsp3) is 0.625. The molecule has 1 aliphatic carbocycles. The molecule has 1 fully saturated rings. The summed E-state index contributed by atoms with van der Waals surface area (Å²) in [6.07, 6.45) is 7.34. The van der Waals surface area contributed by atoms with Crippen LogP contribution in [0.1, 0.15) is 49.7 Å². The largest absolute Gasteiger partial charge is 0.392 e. The zero-order valence-electron chi connectivity index (χ0n) is 12.4. The lowest BCUT2D eigenvalue weighted by molar-refractivity contribution is 0.282. The first-order valence-electron chi connectivity index (χ1n) is 7.75. The number of sulfonamides is 1. The fourth-order valence-electron chi connectivity index (χ4n) is 2.93. The molecule has 1 aromatic carbocycles. The number of aliphatic hydroxyl groups is 1. The molecule has 0 heterocycles. The second kappa shape index (κ2) is 7.92. The van der Waals surface area contributed by atoms with E-state index in [0.29, 0.717) is 6.54 Å². The highest BCUT2D eigenvalue weighted by atomic mass is 32.2. The third-order valence-corrected chi connectivity index (χ3v) is 5.51. The first kappa shape index (κ1) is 16.5. The molecule has 0 unspecified atom stereocenters. The molecule has 2 N–H and O–H groups in total. The van der Waals surface area contributed by atoms with E-state index < -0.39 is 10.0 Å². The smallest absolute Gasteiger partial charge is 0.215 e. The molecule has 2 rings (SSSR count).